The lowest BCUT2D eigenvalue weighted by atomic mass is 10.1. The van der Waals surface area contributed by atoms with E-state index >= 15 is 0 Å². The third kappa shape index (κ3) is 5.39. The number of nitrogens with one attached hydrogen (secondary N) is 2. The van der Waals surface area contributed by atoms with Gasteiger partial charge in [-0.25, -0.2) is 14.0 Å². The van der Waals surface area contributed by atoms with Crippen LogP contribution in [-0.2, 0) is 4.74 Å². The van der Waals surface area contributed by atoms with Crippen molar-refractivity contribution in [3.8, 4) is 0 Å². The number of carbonyl (C=O) groups is 2. The van der Waals surface area contributed by atoms with Crippen LogP contribution >= 0.6 is 0 Å². The molecule has 0 atom stereocenters. The van der Waals surface area contributed by atoms with E-state index in [1.54, 1.807) is 0 Å². The van der Waals surface area contributed by atoms with E-state index in [0.717, 1.165) is 6.07 Å². The molecule has 1 aromatic carbocycles. The van der Waals surface area contributed by atoms with Crippen LogP contribution in [0.2, 0.25) is 0 Å². The maximum Gasteiger partial charge on any atom is 0.335 e. The largest absolute Gasteiger partial charge is 0.478 e. The van der Waals surface area contributed by atoms with Crippen molar-refractivity contribution in [2.75, 3.05) is 18.5 Å². The summed E-state index contributed by atoms with van der Waals surface area (Å²) >= 11 is 0. The van der Waals surface area contributed by atoms with Crippen LogP contribution in [0.3, 0.4) is 0 Å². The van der Waals surface area contributed by atoms with Gasteiger partial charge in [0, 0.05) is 13.2 Å². The smallest absolute Gasteiger partial charge is 0.335 e. The number of benzene rings is 1. The van der Waals surface area contributed by atoms with Crippen LogP contribution in [0.25, 0.3) is 0 Å². The number of anilines is 1. The Balaban J connectivity index is 2.61. The van der Waals surface area contributed by atoms with E-state index in [1.807, 2.05) is 20.8 Å². The molecule has 6 nitrogen and oxygen atoms in total. The van der Waals surface area contributed by atoms with E-state index in [2.05, 4.69) is 10.6 Å². The molecule has 3 N–H and O–H groups in total. The van der Waals surface area contributed by atoms with E-state index in [4.69, 9.17) is 9.84 Å². The van der Waals surface area contributed by atoms with Gasteiger partial charge in [-0.1, -0.05) is 0 Å². The van der Waals surface area contributed by atoms with Gasteiger partial charge in [0.2, 0.25) is 0 Å². The van der Waals surface area contributed by atoms with Gasteiger partial charge >= 0.3 is 12.0 Å². The monoisotopic (exact) mass is 298 g/mol. The Bertz CT molecular complexity index is 532. The molecule has 0 radical (unpaired) electrons. The highest BCUT2D eigenvalue weighted by Crippen LogP contribution is 2.16. The van der Waals surface area contributed by atoms with Crippen molar-refractivity contribution in [2.24, 2.45) is 0 Å². The number of urea groups is 1. The summed E-state index contributed by atoms with van der Waals surface area (Å²) in [5, 5.41) is 13.6. The maximum atomic E-state index is 13.6. The molecule has 0 saturated carbocycles. The number of carboxylic acid groups (broad SMARTS) is 1. The van der Waals surface area contributed by atoms with E-state index in [0.29, 0.717) is 6.61 Å². The number of rotatable bonds is 6. The first kappa shape index (κ1) is 16.9. The van der Waals surface area contributed by atoms with Crippen LogP contribution in [0.1, 0.15) is 31.1 Å². The second kappa shape index (κ2) is 7.03. The van der Waals surface area contributed by atoms with Crippen LogP contribution in [0.5, 0.6) is 0 Å². The van der Waals surface area contributed by atoms with Crippen molar-refractivity contribution < 1.29 is 23.8 Å². The summed E-state index contributed by atoms with van der Waals surface area (Å²) < 4.78 is 19.0. The molecule has 0 heterocycles. The van der Waals surface area contributed by atoms with Crippen molar-refractivity contribution in [1.29, 1.82) is 0 Å². The lowest BCUT2D eigenvalue weighted by molar-refractivity contribution is -0.00663. The molecule has 0 spiro atoms. The zero-order valence-electron chi connectivity index (χ0n) is 12.2. The quantitative estimate of drug-likeness (QED) is 0.753. The van der Waals surface area contributed by atoms with Crippen LogP contribution in [0, 0.1) is 5.82 Å². The molecule has 7 heteroatoms. The van der Waals surface area contributed by atoms with E-state index in [-0.39, 0.29) is 17.8 Å². The van der Waals surface area contributed by atoms with Crippen LogP contribution in [0.4, 0.5) is 14.9 Å². The Labute approximate surface area is 122 Å². The Kier molecular flexibility index (Phi) is 5.66. The first-order chi connectivity index (χ1) is 9.75. The lowest BCUT2D eigenvalue weighted by Gasteiger charge is -2.24. The minimum absolute atomic E-state index is 0.0910. The molecule has 0 bridgehead atoms. The minimum atomic E-state index is -1.23. The summed E-state index contributed by atoms with van der Waals surface area (Å²) in [6, 6.07) is 2.67. The molecule has 0 fully saturated rings. The van der Waals surface area contributed by atoms with Crippen LogP contribution in [0.15, 0.2) is 18.2 Å². The topological polar surface area (TPSA) is 87.7 Å². The zero-order valence-corrected chi connectivity index (χ0v) is 12.2. The first-order valence-corrected chi connectivity index (χ1v) is 6.47. The number of aromatic carboxylic acids is 1. The molecule has 0 aliphatic rings. The van der Waals surface area contributed by atoms with E-state index in [1.165, 1.54) is 12.1 Å². The summed E-state index contributed by atoms with van der Waals surface area (Å²) in [4.78, 5) is 22.4. The molecule has 21 heavy (non-hydrogen) atoms. The SMILES string of the molecule is CCOC(C)(C)CNC(=O)Nc1ccc(C(=O)O)cc1F. The third-order valence-electron chi connectivity index (χ3n) is 2.67. The second-order valence-corrected chi connectivity index (χ2v) is 5.00. The van der Waals surface area contributed by atoms with E-state index < -0.39 is 23.4 Å². The molecule has 116 valence electrons. The van der Waals surface area contributed by atoms with Gasteiger partial charge in [0.25, 0.3) is 0 Å². The van der Waals surface area contributed by atoms with Crippen LogP contribution in [-0.4, -0.2) is 35.9 Å². The Morgan fingerprint density at radius 3 is 2.57 bits per heavy atom. The summed E-state index contributed by atoms with van der Waals surface area (Å²) in [7, 11) is 0. The first-order valence-electron chi connectivity index (χ1n) is 6.47. The highest BCUT2D eigenvalue weighted by Gasteiger charge is 2.19. The van der Waals surface area contributed by atoms with Crippen molar-refractivity contribution in [1.82, 2.24) is 5.32 Å². The predicted molar refractivity (Wildman–Crippen MR) is 76.1 cm³/mol. The average molecular weight is 298 g/mol. The number of halogens is 1. The highest BCUT2D eigenvalue weighted by atomic mass is 19.1. The summed E-state index contributed by atoms with van der Waals surface area (Å²) in [6.45, 7) is 6.25. The minimum Gasteiger partial charge on any atom is -0.478 e. The summed E-state index contributed by atoms with van der Waals surface area (Å²) in [6.07, 6.45) is 0. The fourth-order valence-corrected chi connectivity index (χ4v) is 1.65. The molecule has 0 saturated heterocycles. The number of amides is 2. The van der Waals surface area contributed by atoms with Gasteiger partial charge in [-0.05, 0) is 39.0 Å². The number of carboxylic acids is 1. The van der Waals surface area contributed by atoms with Gasteiger partial charge in [-0.15, -0.1) is 0 Å². The highest BCUT2D eigenvalue weighted by molar-refractivity contribution is 5.91. The van der Waals surface area contributed by atoms with Crippen molar-refractivity contribution in [2.45, 2.75) is 26.4 Å². The molecule has 1 aromatic rings. The summed E-state index contributed by atoms with van der Waals surface area (Å²) in [5.41, 5.74) is -0.805. The van der Waals surface area contributed by atoms with Gasteiger partial charge in [-0.2, -0.15) is 0 Å². The predicted octanol–water partition coefficient (Wildman–Crippen LogP) is 2.46. The van der Waals surface area contributed by atoms with Crippen molar-refractivity contribution in [3.63, 3.8) is 0 Å². The van der Waals surface area contributed by atoms with E-state index in [9.17, 15) is 14.0 Å². The van der Waals surface area contributed by atoms with Crippen LogP contribution < -0.4 is 10.6 Å². The number of ether oxygens (including phenoxy) is 1. The van der Waals surface area contributed by atoms with Gasteiger partial charge in [0.15, 0.2) is 0 Å². The van der Waals surface area contributed by atoms with Crippen molar-refractivity contribution >= 4 is 17.7 Å². The average Bonchev–Trinajstić information content (AvgIpc) is 2.38. The molecule has 2 amide bonds. The normalized spacial score (nSPS) is 11.0. The molecule has 0 aliphatic heterocycles. The molecule has 0 unspecified atom stereocenters. The molecular weight excluding hydrogens is 279 g/mol. The molecular formula is C14H19FN2O4. The van der Waals surface area contributed by atoms with Gasteiger partial charge in [0.05, 0.1) is 16.9 Å². The molecule has 0 aliphatic carbocycles. The lowest BCUT2D eigenvalue weighted by Crippen LogP contribution is -2.42. The number of carbonyl (C=O) groups excluding carboxylic acids is 1. The summed E-state index contributed by atoms with van der Waals surface area (Å²) in [5.74, 6) is -2.04. The fraction of sp³-hybridized carbons (Fsp3) is 0.429. The number of hydrogen-bond donors (Lipinski definition) is 3. The molecule has 1 rings (SSSR count). The number of hydrogen-bond acceptors (Lipinski definition) is 3. The molecule has 0 aromatic heterocycles. The Morgan fingerprint density at radius 1 is 1.38 bits per heavy atom. The Morgan fingerprint density at radius 2 is 2.05 bits per heavy atom. The van der Waals surface area contributed by atoms with Gasteiger partial charge < -0.3 is 20.5 Å². The fourth-order valence-electron chi connectivity index (χ4n) is 1.65. The third-order valence-corrected chi connectivity index (χ3v) is 2.67. The maximum absolute atomic E-state index is 13.6. The zero-order chi connectivity index (χ0) is 16.0. The van der Waals surface area contributed by atoms with Gasteiger partial charge in [0.1, 0.15) is 5.82 Å². The Hall–Kier alpha value is -2.15. The van der Waals surface area contributed by atoms with Gasteiger partial charge in [-0.3, -0.25) is 0 Å². The van der Waals surface area contributed by atoms with Crippen molar-refractivity contribution in [3.05, 3.63) is 29.6 Å². The standard InChI is InChI=1S/C14H19FN2O4/c1-4-21-14(2,3)8-16-13(20)17-11-6-5-9(12(18)19)7-10(11)15/h5-7H,4,8H2,1-3H3,(H,18,19)(H2,16,17,20). The second-order valence-electron chi connectivity index (χ2n) is 5.00.